The second-order valence-electron chi connectivity index (χ2n) is 4.37. The number of anilines is 1. The maximum Gasteiger partial charge on any atom is 0.228 e. The van der Waals surface area contributed by atoms with E-state index >= 15 is 0 Å². The molecule has 100 valence electrons. The molecule has 0 aromatic heterocycles. The summed E-state index contributed by atoms with van der Waals surface area (Å²) in [6, 6.07) is 2.00. The van der Waals surface area contributed by atoms with Crippen molar-refractivity contribution in [1.29, 1.82) is 0 Å². The average Bonchev–Trinajstić information content (AvgIpc) is 2.60. The van der Waals surface area contributed by atoms with Crippen molar-refractivity contribution < 1.29 is 13.6 Å². The van der Waals surface area contributed by atoms with E-state index in [1.807, 2.05) is 0 Å². The lowest BCUT2D eigenvalue weighted by atomic mass is 10.1. The summed E-state index contributed by atoms with van der Waals surface area (Å²) in [4.78, 5) is 13.3. The molecule has 1 aromatic carbocycles. The fourth-order valence-corrected chi connectivity index (χ4v) is 2.03. The summed E-state index contributed by atoms with van der Waals surface area (Å²) >= 11 is 0. The van der Waals surface area contributed by atoms with Crippen LogP contribution >= 0.6 is 12.4 Å². The molecule has 0 bridgehead atoms. The zero-order valence-corrected chi connectivity index (χ0v) is 10.8. The van der Waals surface area contributed by atoms with Gasteiger partial charge in [0.1, 0.15) is 0 Å². The van der Waals surface area contributed by atoms with Crippen molar-refractivity contribution in [3.05, 3.63) is 29.3 Å². The van der Waals surface area contributed by atoms with Gasteiger partial charge in [0, 0.05) is 30.8 Å². The maximum absolute atomic E-state index is 13.1. The van der Waals surface area contributed by atoms with E-state index < -0.39 is 11.6 Å². The van der Waals surface area contributed by atoms with E-state index in [0.717, 1.165) is 12.1 Å². The smallest absolute Gasteiger partial charge is 0.228 e. The highest BCUT2D eigenvalue weighted by Gasteiger charge is 2.26. The third-order valence-electron chi connectivity index (χ3n) is 2.81. The Balaban J connectivity index is 0.00000162. The highest BCUT2D eigenvalue weighted by molar-refractivity contribution is 5.95. The Kier molecular flexibility index (Phi) is 4.65. The number of carbonyl (C=O) groups is 1. The molecule has 0 fully saturated rings. The number of nitrogens with two attached hydrogens (primary N) is 1. The number of halogens is 3. The van der Waals surface area contributed by atoms with Crippen LogP contribution in [0.15, 0.2) is 12.1 Å². The Labute approximate surface area is 110 Å². The minimum absolute atomic E-state index is 0. The van der Waals surface area contributed by atoms with Crippen LogP contribution in [0, 0.1) is 11.6 Å². The van der Waals surface area contributed by atoms with Crippen molar-refractivity contribution in [2.24, 2.45) is 5.73 Å². The van der Waals surface area contributed by atoms with Crippen LogP contribution in [-0.4, -0.2) is 18.5 Å². The first-order valence-electron chi connectivity index (χ1n) is 5.53. The van der Waals surface area contributed by atoms with E-state index in [1.165, 1.54) is 4.90 Å². The summed E-state index contributed by atoms with van der Waals surface area (Å²) in [5.74, 6) is -1.95. The van der Waals surface area contributed by atoms with Crippen molar-refractivity contribution in [2.75, 3.05) is 11.4 Å². The first-order chi connectivity index (χ1) is 7.99. The summed E-state index contributed by atoms with van der Waals surface area (Å²) in [7, 11) is 0. The summed E-state index contributed by atoms with van der Waals surface area (Å²) in [6.07, 6.45) is 0.760. The van der Waals surface area contributed by atoms with E-state index in [9.17, 15) is 13.6 Å². The molecule has 1 amide bonds. The van der Waals surface area contributed by atoms with Gasteiger partial charge in [0.25, 0.3) is 0 Å². The number of hydrogen-bond acceptors (Lipinski definition) is 2. The fourth-order valence-electron chi connectivity index (χ4n) is 2.03. The minimum atomic E-state index is -0.927. The first kappa shape index (κ1) is 14.9. The SMILES string of the molecule is CC(N)CC(=O)N1CCc2cc(F)c(F)cc21.Cl. The van der Waals surface area contributed by atoms with Crippen molar-refractivity contribution >= 4 is 24.0 Å². The Morgan fingerprint density at radius 1 is 1.44 bits per heavy atom. The van der Waals surface area contributed by atoms with Crippen LogP contribution in [0.3, 0.4) is 0 Å². The standard InChI is InChI=1S/C12H14F2N2O.ClH/c1-7(15)4-12(17)16-3-2-8-5-9(13)10(14)6-11(8)16;/h5-7H,2-4,15H2,1H3;1H. The molecule has 1 heterocycles. The maximum atomic E-state index is 13.1. The summed E-state index contributed by atoms with van der Waals surface area (Å²) in [5.41, 5.74) is 6.69. The Morgan fingerprint density at radius 3 is 2.67 bits per heavy atom. The number of amides is 1. The lowest BCUT2D eigenvalue weighted by molar-refractivity contribution is -0.118. The first-order valence-corrected chi connectivity index (χ1v) is 5.53. The van der Waals surface area contributed by atoms with Crippen molar-refractivity contribution in [2.45, 2.75) is 25.8 Å². The quantitative estimate of drug-likeness (QED) is 0.898. The van der Waals surface area contributed by atoms with Gasteiger partial charge in [-0.05, 0) is 25.0 Å². The molecular formula is C12H15ClF2N2O. The topological polar surface area (TPSA) is 46.3 Å². The molecule has 6 heteroatoms. The molecule has 1 unspecified atom stereocenters. The van der Waals surface area contributed by atoms with Crippen LogP contribution in [0.2, 0.25) is 0 Å². The number of carbonyl (C=O) groups excluding carboxylic acids is 1. The predicted octanol–water partition coefficient (Wildman–Crippen LogP) is 2.01. The van der Waals surface area contributed by atoms with Crippen LogP contribution in [-0.2, 0) is 11.2 Å². The second kappa shape index (κ2) is 5.63. The Hall–Kier alpha value is -1.20. The molecule has 0 radical (unpaired) electrons. The van der Waals surface area contributed by atoms with Gasteiger partial charge in [0.05, 0.1) is 0 Å². The largest absolute Gasteiger partial charge is 0.327 e. The molecule has 0 aliphatic carbocycles. The van der Waals surface area contributed by atoms with Crippen molar-refractivity contribution in [3.8, 4) is 0 Å². The lowest BCUT2D eigenvalue weighted by Crippen LogP contribution is -2.33. The zero-order valence-electron chi connectivity index (χ0n) is 9.95. The third kappa shape index (κ3) is 2.79. The van der Waals surface area contributed by atoms with Gasteiger partial charge < -0.3 is 10.6 Å². The van der Waals surface area contributed by atoms with Gasteiger partial charge in [-0.3, -0.25) is 4.79 Å². The number of nitrogens with zero attached hydrogens (tertiary/aromatic N) is 1. The molecular weight excluding hydrogens is 262 g/mol. The average molecular weight is 277 g/mol. The monoisotopic (exact) mass is 276 g/mol. The molecule has 2 rings (SSSR count). The third-order valence-corrected chi connectivity index (χ3v) is 2.81. The van der Waals surface area contributed by atoms with E-state index in [2.05, 4.69) is 0 Å². The van der Waals surface area contributed by atoms with E-state index in [1.54, 1.807) is 6.92 Å². The van der Waals surface area contributed by atoms with E-state index in [-0.39, 0.29) is 30.8 Å². The summed E-state index contributed by atoms with van der Waals surface area (Å²) < 4.78 is 26.1. The molecule has 0 saturated carbocycles. The molecule has 2 N–H and O–H groups in total. The molecule has 3 nitrogen and oxygen atoms in total. The van der Waals surface area contributed by atoms with Gasteiger partial charge in [-0.25, -0.2) is 8.78 Å². The molecule has 18 heavy (non-hydrogen) atoms. The highest BCUT2D eigenvalue weighted by Crippen LogP contribution is 2.30. The predicted molar refractivity (Wildman–Crippen MR) is 67.9 cm³/mol. The fraction of sp³-hybridized carbons (Fsp3) is 0.417. The van der Waals surface area contributed by atoms with Crippen molar-refractivity contribution in [1.82, 2.24) is 0 Å². The number of benzene rings is 1. The second-order valence-corrected chi connectivity index (χ2v) is 4.37. The Bertz CT molecular complexity index is 466. The molecule has 0 saturated heterocycles. The van der Waals surface area contributed by atoms with Gasteiger partial charge >= 0.3 is 0 Å². The van der Waals surface area contributed by atoms with Gasteiger partial charge in [-0.2, -0.15) is 0 Å². The van der Waals surface area contributed by atoms with Crippen LogP contribution in [0.25, 0.3) is 0 Å². The molecule has 1 aromatic rings. The highest BCUT2D eigenvalue weighted by atomic mass is 35.5. The van der Waals surface area contributed by atoms with Gasteiger partial charge in [0.15, 0.2) is 11.6 Å². The number of rotatable bonds is 2. The number of fused-ring (bicyclic) bond motifs is 1. The normalized spacial score (nSPS) is 15.0. The number of hydrogen-bond donors (Lipinski definition) is 1. The van der Waals surface area contributed by atoms with Crippen LogP contribution in [0.4, 0.5) is 14.5 Å². The van der Waals surface area contributed by atoms with Crippen molar-refractivity contribution in [3.63, 3.8) is 0 Å². The van der Waals surface area contributed by atoms with E-state index in [4.69, 9.17) is 5.73 Å². The van der Waals surface area contributed by atoms with Crippen LogP contribution in [0.5, 0.6) is 0 Å². The summed E-state index contributed by atoms with van der Waals surface area (Å²) in [5, 5.41) is 0. The molecule has 1 aliphatic rings. The van der Waals surface area contributed by atoms with Crippen LogP contribution in [0.1, 0.15) is 18.9 Å². The van der Waals surface area contributed by atoms with Gasteiger partial charge in [0.2, 0.25) is 5.91 Å². The molecule has 1 aliphatic heterocycles. The van der Waals surface area contributed by atoms with E-state index in [0.29, 0.717) is 24.2 Å². The Morgan fingerprint density at radius 2 is 2.06 bits per heavy atom. The molecule has 1 atom stereocenters. The zero-order chi connectivity index (χ0) is 12.6. The van der Waals surface area contributed by atoms with Gasteiger partial charge in [-0.1, -0.05) is 0 Å². The molecule has 0 spiro atoms. The van der Waals surface area contributed by atoms with Crippen LogP contribution < -0.4 is 10.6 Å². The van der Waals surface area contributed by atoms with Gasteiger partial charge in [-0.15, -0.1) is 12.4 Å². The lowest BCUT2D eigenvalue weighted by Gasteiger charge is -2.18. The summed E-state index contributed by atoms with van der Waals surface area (Å²) in [6.45, 7) is 2.20. The minimum Gasteiger partial charge on any atom is -0.327 e.